The Kier molecular flexibility index (Phi) is 9.65. The molecule has 1 aromatic carbocycles. The van der Waals surface area contributed by atoms with Gasteiger partial charge in [0.15, 0.2) is 0 Å². The van der Waals surface area contributed by atoms with Gasteiger partial charge in [-0.3, -0.25) is 14.6 Å². The van der Waals surface area contributed by atoms with E-state index in [1.54, 1.807) is 43.5 Å². The van der Waals surface area contributed by atoms with E-state index < -0.39 is 27.3 Å². The van der Waals surface area contributed by atoms with Gasteiger partial charge in [-0.25, -0.2) is 13.2 Å². The lowest BCUT2D eigenvalue weighted by Gasteiger charge is -2.29. The molecule has 0 bridgehead atoms. The molecule has 1 atom stereocenters. The number of anilines is 1. The van der Waals surface area contributed by atoms with E-state index >= 15 is 0 Å². The quantitative estimate of drug-likeness (QED) is 0.345. The molecule has 3 N–H and O–H groups in total. The van der Waals surface area contributed by atoms with Crippen LogP contribution in [0, 0.1) is 19.3 Å². The molecule has 2 amide bonds. The molecule has 9 nitrogen and oxygen atoms in total. The highest BCUT2D eigenvalue weighted by Gasteiger charge is 2.41. The first kappa shape index (κ1) is 29.3. The molecule has 206 valence electrons. The molecular weight excluding hydrogens is 506 g/mol. The number of aromatic nitrogens is 1. The summed E-state index contributed by atoms with van der Waals surface area (Å²) in [5.74, 6) is -1.58. The summed E-state index contributed by atoms with van der Waals surface area (Å²) >= 11 is 0. The fourth-order valence-electron chi connectivity index (χ4n) is 5.17. The number of carboxylic acids is 1. The summed E-state index contributed by atoms with van der Waals surface area (Å²) in [5.41, 5.74) is 2.59. The van der Waals surface area contributed by atoms with Crippen molar-refractivity contribution in [3.05, 3.63) is 58.9 Å². The smallest absolute Gasteiger partial charge is 0.326 e. The lowest BCUT2D eigenvalue weighted by Crippen LogP contribution is -2.48. The summed E-state index contributed by atoms with van der Waals surface area (Å²) in [6.45, 7) is 3.62. The molecule has 1 heterocycles. The number of carbonyl (C=O) groups is 3. The minimum atomic E-state index is -3.06. The fourth-order valence-corrected chi connectivity index (χ4v) is 5.90. The number of sulfone groups is 1. The van der Waals surface area contributed by atoms with E-state index in [0.29, 0.717) is 54.6 Å². The zero-order chi connectivity index (χ0) is 27.9. The number of carbonyl (C=O) groups excluding carboxylic acids is 2. The maximum absolute atomic E-state index is 13.3. The van der Waals surface area contributed by atoms with E-state index in [4.69, 9.17) is 0 Å². The van der Waals surface area contributed by atoms with Gasteiger partial charge in [-0.1, -0.05) is 31.4 Å². The number of benzene rings is 1. The Hall–Kier alpha value is -3.27. The average molecular weight is 544 g/mol. The third kappa shape index (κ3) is 7.86. The van der Waals surface area contributed by atoms with Gasteiger partial charge in [-0.2, -0.15) is 0 Å². The van der Waals surface area contributed by atoms with Crippen molar-refractivity contribution < 1.29 is 27.9 Å². The van der Waals surface area contributed by atoms with E-state index in [-0.39, 0.29) is 24.0 Å². The van der Waals surface area contributed by atoms with Crippen molar-refractivity contribution in [3.63, 3.8) is 0 Å². The maximum Gasteiger partial charge on any atom is 0.326 e. The van der Waals surface area contributed by atoms with Crippen LogP contribution in [0.1, 0.15) is 72.1 Å². The van der Waals surface area contributed by atoms with Gasteiger partial charge >= 0.3 is 5.97 Å². The van der Waals surface area contributed by atoms with Gasteiger partial charge in [-0.05, 0) is 68.9 Å². The van der Waals surface area contributed by atoms with E-state index in [0.717, 1.165) is 18.4 Å². The molecule has 0 radical (unpaired) electrons. The van der Waals surface area contributed by atoms with Crippen molar-refractivity contribution in [2.75, 3.05) is 17.3 Å². The second-order valence-corrected chi connectivity index (χ2v) is 12.6. The van der Waals surface area contributed by atoms with Crippen LogP contribution in [0.15, 0.2) is 36.5 Å². The van der Waals surface area contributed by atoms with Crippen LogP contribution >= 0.6 is 0 Å². The van der Waals surface area contributed by atoms with Gasteiger partial charge < -0.3 is 15.7 Å². The maximum atomic E-state index is 13.3. The Morgan fingerprint density at radius 1 is 1.05 bits per heavy atom. The normalized spacial score (nSPS) is 15.6. The number of aliphatic carboxylic acids is 1. The minimum absolute atomic E-state index is 0.0837. The first-order chi connectivity index (χ1) is 17.9. The molecule has 0 saturated heterocycles. The predicted octanol–water partition coefficient (Wildman–Crippen LogP) is 3.84. The summed E-state index contributed by atoms with van der Waals surface area (Å²) in [6, 6.07) is 7.55. The number of aryl methyl sites for hydroxylation is 2. The van der Waals surface area contributed by atoms with Crippen LogP contribution in [-0.4, -0.2) is 54.3 Å². The summed E-state index contributed by atoms with van der Waals surface area (Å²) in [4.78, 5) is 42.2. The monoisotopic (exact) mass is 543 g/mol. The number of unbranched alkanes of at least 4 members (excludes halogenated alkanes) is 1. The first-order valence-electron chi connectivity index (χ1n) is 12.9. The SMILES string of the molecule is Cc1ccnc(C)c1C(=O)Nc1ccc(C[C@H](NC(=O)C2(CCCCS(C)(=O)=O)CCCC2)C(=O)O)cc1. The van der Waals surface area contributed by atoms with Gasteiger partial charge in [0.05, 0.1) is 11.3 Å². The second-order valence-electron chi connectivity index (χ2n) is 10.4. The van der Waals surface area contributed by atoms with E-state index in [9.17, 15) is 27.9 Å². The van der Waals surface area contributed by atoms with Crippen molar-refractivity contribution in [1.82, 2.24) is 10.3 Å². The summed E-state index contributed by atoms with van der Waals surface area (Å²) < 4.78 is 22.9. The largest absolute Gasteiger partial charge is 0.480 e. The average Bonchev–Trinajstić information content (AvgIpc) is 3.32. The number of nitrogens with one attached hydrogen (secondary N) is 2. The van der Waals surface area contributed by atoms with Gasteiger partial charge in [0, 0.05) is 35.7 Å². The highest BCUT2D eigenvalue weighted by molar-refractivity contribution is 7.90. The molecule has 2 aromatic rings. The van der Waals surface area contributed by atoms with Crippen LogP contribution in [0.2, 0.25) is 0 Å². The van der Waals surface area contributed by atoms with Crippen molar-refractivity contribution in [2.45, 2.75) is 71.3 Å². The molecule has 38 heavy (non-hydrogen) atoms. The molecule has 3 rings (SSSR count). The number of pyridine rings is 1. The van der Waals surface area contributed by atoms with Crippen molar-refractivity contribution >= 4 is 33.3 Å². The fraction of sp³-hybridized carbons (Fsp3) is 0.500. The van der Waals surface area contributed by atoms with Gasteiger partial charge in [-0.15, -0.1) is 0 Å². The molecule has 1 aromatic heterocycles. The minimum Gasteiger partial charge on any atom is -0.480 e. The van der Waals surface area contributed by atoms with E-state index in [2.05, 4.69) is 15.6 Å². The first-order valence-corrected chi connectivity index (χ1v) is 15.0. The van der Waals surface area contributed by atoms with Crippen LogP contribution in [0.3, 0.4) is 0 Å². The molecule has 1 saturated carbocycles. The lowest BCUT2D eigenvalue weighted by molar-refractivity contribution is -0.144. The highest BCUT2D eigenvalue weighted by atomic mass is 32.2. The van der Waals surface area contributed by atoms with Gasteiger partial charge in [0.1, 0.15) is 15.9 Å². The Morgan fingerprint density at radius 2 is 1.71 bits per heavy atom. The van der Waals surface area contributed by atoms with Gasteiger partial charge in [0.2, 0.25) is 5.91 Å². The van der Waals surface area contributed by atoms with E-state index in [1.807, 2.05) is 6.92 Å². The van der Waals surface area contributed by atoms with Crippen LogP contribution in [0.5, 0.6) is 0 Å². The third-order valence-electron chi connectivity index (χ3n) is 7.29. The van der Waals surface area contributed by atoms with Crippen molar-refractivity contribution in [3.8, 4) is 0 Å². The Morgan fingerprint density at radius 3 is 2.29 bits per heavy atom. The number of rotatable bonds is 12. The van der Waals surface area contributed by atoms with Crippen LogP contribution in [0.4, 0.5) is 5.69 Å². The Balaban J connectivity index is 1.63. The third-order valence-corrected chi connectivity index (χ3v) is 8.32. The number of amides is 2. The summed E-state index contributed by atoms with van der Waals surface area (Å²) in [7, 11) is -3.06. The zero-order valence-corrected chi connectivity index (χ0v) is 23.1. The molecule has 0 aliphatic heterocycles. The number of hydrogen-bond acceptors (Lipinski definition) is 6. The topological polar surface area (TPSA) is 143 Å². The lowest BCUT2D eigenvalue weighted by atomic mass is 9.80. The van der Waals surface area contributed by atoms with Crippen LogP contribution in [-0.2, 0) is 25.8 Å². The number of carboxylic acid groups (broad SMARTS) is 1. The van der Waals surface area contributed by atoms with Crippen molar-refractivity contribution in [2.24, 2.45) is 5.41 Å². The molecule has 1 aliphatic carbocycles. The summed E-state index contributed by atoms with van der Waals surface area (Å²) in [6.07, 6.45) is 7.72. The van der Waals surface area contributed by atoms with Crippen molar-refractivity contribution in [1.29, 1.82) is 0 Å². The standard InChI is InChI=1S/C28H37N3O6S/c1-19-12-16-29-20(2)24(19)25(32)30-22-10-8-21(9-11-22)18-23(26(33)34)31-27(35)28(13-4-5-14-28)15-6-7-17-38(3,36)37/h8-12,16,23H,4-7,13-15,17-18H2,1-3H3,(H,30,32)(H,31,35)(H,33,34)/t23-/m0/s1. The molecule has 0 spiro atoms. The Labute approximate surface area is 224 Å². The molecule has 0 unspecified atom stereocenters. The zero-order valence-electron chi connectivity index (χ0n) is 22.2. The predicted molar refractivity (Wildman–Crippen MR) is 146 cm³/mol. The van der Waals surface area contributed by atoms with Crippen LogP contribution in [0.25, 0.3) is 0 Å². The Bertz CT molecular complexity index is 1250. The van der Waals surface area contributed by atoms with Gasteiger partial charge in [0.25, 0.3) is 5.91 Å². The van der Waals surface area contributed by atoms with E-state index in [1.165, 1.54) is 6.26 Å². The second kappa shape index (κ2) is 12.5. The highest BCUT2D eigenvalue weighted by Crippen LogP contribution is 2.42. The number of nitrogens with zero attached hydrogens (tertiary/aromatic N) is 1. The van der Waals surface area contributed by atoms with Crippen LogP contribution < -0.4 is 10.6 Å². The number of hydrogen-bond donors (Lipinski definition) is 3. The molecule has 10 heteroatoms. The molecule has 1 fully saturated rings. The summed E-state index contributed by atoms with van der Waals surface area (Å²) in [5, 5.41) is 15.4. The molecule has 1 aliphatic rings. The molecular formula is C28H37N3O6S.